The number of anilines is 6. The topological polar surface area (TPSA) is 125 Å². The maximum absolute atomic E-state index is 13.8. The first-order valence-corrected chi connectivity index (χ1v) is 13.2. The lowest BCUT2D eigenvalue weighted by Gasteiger charge is -2.35. The zero-order valence-electron chi connectivity index (χ0n) is 22.7. The van der Waals surface area contributed by atoms with Crippen LogP contribution in [0.4, 0.5) is 47.8 Å². The molecule has 0 atom stereocenters. The highest BCUT2D eigenvalue weighted by molar-refractivity contribution is 5.99. The molecule has 11 nitrogen and oxygen atoms in total. The molecule has 1 aliphatic carbocycles. The van der Waals surface area contributed by atoms with Gasteiger partial charge >= 0.3 is 6.18 Å². The van der Waals surface area contributed by atoms with Crippen LogP contribution in [0.5, 0.6) is 5.88 Å². The molecule has 3 aromatic rings. The lowest BCUT2D eigenvalue weighted by molar-refractivity contribution is -0.137. The third-order valence-electron chi connectivity index (χ3n) is 6.80. The highest BCUT2D eigenvalue weighted by atomic mass is 19.4. The van der Waals surface area contributed by atoms with Crippen LogP contribution in [0, 0.1) is 5.92 Å². The summed E-state index contributed by atoms with van der Waals surface area (Å²) in [7, 11) is 1.43. The molecule has 3 heterocycles. The van der Waals surface area contributed by atoms with Crippen molar-refractivity contribution in [1.82, 2.24) is 19.9 Å². The summed E-state index contributed by atoms with van der Waals surface area (Å²) in [5.41, 5.74) is -0.107. The van der Waals surface area contributed by atoms with E-state index in [0.717, 1.165) is 18.9 Å². The van der Waals surface area contributed by atoms with Crippen LogP contribution in [0.1, 0.15) is 18.4 Å². The Balaban J connectivity index is 1.33. The number of benzene rings is 1. The molecule has 3 N–H and O–H groups in total. The molecule has 14 heteroatoms. The maximum atomic E-state index is 13.8. The first kappa shape index (κ1) is 28.6. The number of nitrogens with zero attached hydrogens (tertiary/aromatic N) is 5. The normalized spacial score (nSPS) is 15.1. The van der Waals surface area contributed by atoms with Crippen molar-refractivity contribution in [3.05, 3.63) is 60.8 Å². The van der Waals surface area contributed by atoms with Gasteiger partial charge in [0.2, 0.25) is 23.6 Å². The molecular weight excluding hydrogens is 553 g/mol. The van der Waals surface area contributed by atoms with E-state index < -0.39 is 23.5 Å². The molecule has 0 unspecified atom stereocenters. The maximum Gasteiger partial charge on any atom is 0.421 e. The van der Waals surface area contributed by atoms with E-state index in [9.17, 15) is 22.8 Å². The number of halogens is 3. The van der Waals surface area contributed by atoms with E-state index in [-0.39, 0.29) is 29.3 Å². The Morgan fingerprint density at radius 2 is 1.79 bits per heavy atom. The average Bonchev–Trinajstić information content (AvgIpc) is 3.82. The summed E-state index contributed by atoms with van der Waals surface area (Å²) < 4.78 is 46.8. The summed E-state index contributed by atoms with van der Waals surface area (Å²) in [6.45, 7) is 5.84. The lowest BCUT2D eigenvalue weighted by Crippen LogP contribution is -2.49. The first-order chi connectivity index (χ1) is 20.1. The predicted molar refractivity (Wildman–Crippen MR) is 151 cm³/mol. The summed E-state index contributed by atoms with van der Waals surface area (Å²) >= 11 is 0. The number of aromatic nitrogens is 3. The fraction of sp³-hybridized carbons (Fsp3) is 0.321. The second-order valence-corrected chi connectivity index (χ2v) is 9.79. The molecule has 1 aromatic carbocycles. The fourth-order valence-electron chi connectivity index (χ4n) is 4.47. The van der Waals surface area contributed by atoms with Gasteiger partial charge in [0.05, 0.1) is 7.11 Å². The van der Waals surface area contributed by atoms with Gasteiger partial charge in [-0.2, -0.15) is 23.1 Å². The SMILES string of the molecule is C=CC(=O)Nc1cccc(Nc2nc(Nc3ccc(N4CCN(C(=O)C5CC5)CC4)nc3OC)ncc2C(F)(F)F)c1. The van der Waals surface area contributed by atoms with Gasteiger partial charge in [0.1, 0.15) is 22.9 Å². The lowest BCUT2D eigenvalue weighted by atomic mass is 10.2. The molecule has 5 rings (SSSR count). The highest BCUT2D eigenvalue weighted by Gasteiger charge is 2.36. The van der Waals surface area contributed by atoms with Crippen LogP contribution in [0.3, 0.4) is 0 Å². The summed E-state index contributed by atoms with van der Waals surface area (Å²) in [6, 6.07) is 9.59. The molecule has 1 saturated carbocycles. The summed E-state index contributed by atoms with van der Waals surface area (Å²) in [5.74, 6) is 0.172. The average molecular weight is 583 g/mol. The Labute approximate surface area is 239 Å². The molecule has 220 valence electrons. The number of rotatable bonds is 9. The molecule has 0 spiro atoms. The second-order valence-electron chi connectivity index (χ2n) is 9.79. The van der Waals surface area contributed by atoms with E-state index in [1.807, 2.05) is 9.80 Å². The molecule has 2 aromatic heterocycles. The monoisotopic (exact) mass is 582 g/mol. The Bertz CT molecular complexity index is 1490. The van der Waals surface area contributed by atoms with Crippen molar-refractivity contribution < 1.29 is 27.5 Å². The van der Waals surface area contributed by atoms with Gasteiger partial charge in [-0.1, -0.05) is 12.6 Å². The van der Waals surface area contributed by atoms with Gasteiger partial charge < -0.3 is 30.5 Å². The van der Waals surface area contributed by atoms with Gasteiger partial charge in [0.15, 0.2) is 0 Å². The number of nitrogens with one attached hydrogen (secondary N) is 3. The molecule has 0 radical (unpaired) electrons. The summed E-state index contributed by atoms with van der Waals surface area (Å²) in [5, 5.41) is 8.11. The van der Waals surface area contributed by atoms with E-state index >= 15 is 0 Å². The van der Waals surface area contributed by atoms with E-state index in [1.54, 1.807) is 24.3 Å². The van der Waals surface area contributed by atoms with Gasteiger partial charge in [-0.25, -0.2) is 4.98 Å². The van der Waals surface area contributed by atoms with E-state index in [2.05, 4.69) is 37.5 Å². The zero-order valence-corrected chi connectivity index (χ0v) is 22.7. The van der Waals surface area contributed by atoms with Gasteiger partial charge in [-0.3, -0.25) is 9.59 Å². The number of amides is 2. The number of hydrogen-bond donors (Lipinski definition) is 3. The quantitative estimate of drug-likeness (QED) is 0.311. The Hall–Kier alpha value is -4.88. The van der Waals surface area contributed by atoms with Crippen molar-refractivity contribution >= 4 is 46.5 Å². The standard InChI is InChI=1S/C28H29F3N8O3/c1-3-23(40)33-18-5-4-6-19(15-18)34-24-20(28(29,30)31)16-32-27(37-24)35-21-9-10-22(36-25(21)42-2)38-11-13-39(14-12-38)26(41)17-7-8-17/h3-6,9-10,15-17H,1,7-8,11-14H2,2H3,(H,33,40)(H2,32,34,35,37). The van der Waals surface area contributed by atoms with Crippen molar-refractivity contribution in [2.75, 3.05) is 54.1 Å². The number of carbonyl (C=O) groups is 2. The van der Waals surface area contributed by atoms with Crippen molar-refractivity contribution in [1.29, 1.82) is 0 Å². The largest absolute Gasteiger partial charge is 0.479 e. The van der Waals surface area contributed by atoms with E-state index in [0.29, 0.717) is 49.6 Å². The van der Waals surface area contributed by atoms with Crippen LogP contribution in [-0.4, -0.2) is 65.0 Å². The van der Waals surface area contributed by atoms with Gasteiger partial charge in [0.25, 0.3) is 0 Å². The van der Waals surface area contributed by atoms with Crippen molar-refractivity contribution in [2.45, 2.75) is 19.0 Å². The molecule has 0 bridgehead atoms. The third kappa shape index (κ3) is 6.70. The van der Waals surface area contributed by atoms with Crippen LogP contribution >= 0.6 is 0 Å². The van der Waals surface area contributed by atoms with Crippen LogP contribution < -0.4 is 25.6 Å². The van der Waals surface area contributed by atoms with Crippen LogP contribution in [0.2, 0.25) is 0 Å². The number of carbonyl (C=O) groups excluding carboxylic acids is 2. The van der Waals surface area contributed by atoms with Crippen molar-refractivity contribution in [2.24, 2.45) is 5.92 Å². The highest BCUT2D eigenvalue weighted by Crippen LogP contribution is 2.36. The number of pyridine rings is 1. The predicted octanol–water partition coefficient (Wildman–Crippen LogP) is 4.57. The molecule has 2 aliphatic rings. The summed E-state index contributed by atoms with van der Waals surface area (Å²) in [6.07, 6.45) is -1.04. The van der Waals surface area contributed by atoms with Crippen molar-refractivity contribution in [3.63, 3.8) is 0 Å². The van der Waals surface area contributed by atoms with Crippen molar-refractivity contribution in [3.8, 4) is 5.88 Å². The van der Waals surface area contributed by atoms with Crippen LogP contribution in [0.15, 0.2) is 55.3 Å². The van der Waals surface area contributed by atoms with E-state index in [4.69, 9.17) is 4.74 Å². The Morgan fingerprint density at radius 1 is 1.05 bits per heavy atom. The van der Waals surface area contributed by atoms with Gasteiger partial charge in [-0.15, -0.1) is 0 Å². The summed E-state index contributed by atoms with van der Waals surface area (Å²) in [4.78, 5) is 40.4. The number of ether oxygens (including phenoxy) is 1. The Kier molecular flexibility index (Phi) is 8.13. The van der Waals surface area contributed by atoms with E-state index in [1.165, 1.54) is 19.2 Å². The Morgan fingerprint density at radius 3 is 2.45 bits per heavy atom. The number of methoxy groups -OCH3 is 1. The molecular formula is C28H29F3N8O3. The minimum Gasteiger partial charge on any atom is -0.479 e. The smallest absolute Gasteiger partial charge is 0.421 e. The number of alkyl halides is 3. The molecule has 1 saturated heterocycles. The van der Waals surface area contributed by atoms with Crippen LogP contribution in [0.25, 0.3) is 0 Å². The third-order valence-corrected chi connectivity index (χ3v) is 6.80. The first-order valence-electron chi connectivity index (χ1n) is 13.2. The number of piperazine rings is 1. The number of hydrogen-bond acceptors (Lipinski definition) is 9. The molecule has 42 heavy (non-hydrogen) atoms. The van der Waals surface area contributed by atoms with Gasteiger partial charge in [0, 0.05) is 49.7 Å². The molecule has 1 aliphatic heterocycles. The molecule has 2 fully saturated rings. The van der Waals surface area contributed by atoms with Crippen LogP contribution in [-0.2, 0) is 15.8 Å². The molecule has 2 amide bonds. The fourth-order valence-corrected chi connectivity index (χ4v) is 4.47. The minimum absolute atomic E-state index is 0.123. The zero-order chi connectivity index (χ0) is 29.9. The second kappa shape index (κ2) is 11.9. The van der Waals surface area contributed by atoms with Gasteiger partial charge in [-0.05, 0) is 49.2 Å². The minimum atomic E-state index is -4.73.